The molecule has 0 saturated carbocycles. The highest BCUT2D eigenvalue weighted by atomic mass is 16.5. The van der Waals surface area contributed by atoms with Gasteiger partial charge in [0, 0.05) is 12.1 Å². The highest BCUT2D eigenvalue weighted by Crippen LogP contribution is 2.17. The molecule has 0 heterocycles. The first-order chi connectivity index (χ1) is 13.8. The van der Waals surface area contributed by atoms with Crippen LogP contribution in [-0.2, 0) is 22.4 Å². The van der Waals surface area contributed by atoms with Gasteiger partial charge in [-0.3, -0.25) is 4.79 Å². The average molecular weight is 402 g/mol. The summed E-state index contributed by atoms with van der Waals surface area (Å²) in [5.41, 5.74) is 1.87. The highest BCUT2D eigenvalue weighted by Gasteiger charge is 2.19. The number of hydrogen-bond acceptors (Lipinski definition) is 6. The summed E-state index contributed by atoms with van der Waals surface area (Å²) in [6.07, 6.45) is 0.415. The van der Waals surface area contributed by atoms with E-state index in [4.69, 9.17) is 9.47 Å². The third-order valence-corrected chi connectivity index (χ3v) is 4.56. The second kappa shape index (κ2) is 10.8. The molecule has 0 unspecified atom stereocenters. The number of rotatable bonds is 11. The first kappa shape index (κ1) is 22.7. The van der Waals surface area contributed by atoms with Crippen molar-refractivity contribution >= 4 is 5.97 Å². The molecule has 2 rings (SSSR count). The lowest BCUT2D eigenvalue weighted by Crippen LogP contribution is -2.46. The molecule has 0 spiro atoms. The Kier molecular flexibility index (Phi) is 8.49. The van der Waals surface area contributed by atoms with E-state index >= 15 is 0 Å². The first-order valence-corrected chi connectivity index (χ1v) is 9.66. The van der Waals surface area contributed by atoms with Gasteiger partial charge in [-0.1, -0.05) is 24.3 Å². The van der Waals surface area contributed by atoms with Crippen LogP contribution in [0.25, 0.3) is 0 Å². The number of aliphatic hydroxyl groups is 1. The summed E-state index contributed by atoms with van der Waals surface area (Å²) in [5.74, 6) is 1.21. The number of aliphatic hydroxyl groups excluding tert-OH is 1. The maximum absolute atomic E-state index is 11.3. The molecule has 0 aliphatic rings. The summed E-state index contributed by atoms with van der Waals surface area (Å²) in [5, 5.41) is 13.6. The molecule has 2 N–H and O–H groups in total. The maximum atomic E-state index is 11.3. The van der Waals surface area contributed by atoms with Gasteiger partial charge in [0.25, 0.3) is 0 Å². The summed E-state index contributed by atoms with van der Waals surface area (Å²) in [4.78, 5) is 11.3. The van der Waals surface area contributed by atoms with Crippen molar-refractivity contribution in [2.24, 2.45) is 0 Å². The van der Waals surface area contributed by atoms with E-state index in [1.807, 2.05) is 36.4 Å². The number of esters is 1. The predicted molar refractivity (Wildman–Crippen MR) is 112 cm³/mol. The fraction of sp³-hybridized carbons (Fsp3) is 0.435. The number of methoxy groups -OCH3 is 2. The number of carbonyl (C=O) groups is 1. The van der Waals surface area contributed by atoms with Crippen molar-refractivity contribution in [1.82, 2.24) is 5.32 Å². The Morgan fingerprint density at radius 3 is 2.17 bits per heavy atom. The van der Waals surface area contributed by atoms with E-state index in [2.05, 4.69) is 23.9 Å². The molecule has 0 radical (unpaired) electrons. The van der Waals surface area contributed by atoms with Crippen LogP contribution in [0.15, 0.2) is 48.5 Å². The monoisotopic (exact) mass is 401 g/mol. The zero-order chi connectivity index (χ0) is 21.3. The van der Waals surface area contributed by atoms with Gasteiger partial charge in [-0.05, 0) is 55.7 Å². The predicted octanol–water partition coefficient (Wildman–Crippen LogP) is 2.76. The van der Waals surface area contributed by atoms with Crippen molar-refractivity contribution in [3.63, 3.8) is 0 Å². The van der Waals surface area contributed by atoms with Crippen LogP contribution >= 0.6 is 0 Å². The van der Waals surface area contributed by atoms with Gasteiger partial charge in [0.05, 0.1) is 20.6 Å². The molecule has 0 fully saturated rings. The molecule has 1 atom stereocenters. The van der Waals surface area contributed by atoms with Crippen LogP contribution in [0, 0.1) is 0 Å². The van der Waals surface area contributed by atoms with Gasteiger partial charge in [0.1, 0.15) is 24.2 Å². The topological polar surface area (TPSA) is 77.0 Å². The molecule has 0 aromatic heterocycles. The van der Waals surface area contributed by atoms with Gasteiger partial charge >= 0.3 is 5.97 Å². The molecule has 0 bridgehead atoms. The summed E-state index contributed by atoms with van der Waals surface area (Å²) in [6.45, 7) is 4.81. The van der Waals surface area contributed by atoms with E-state index < -0.39 is 6.10 Å². The van der Waals surface area contributed by atoms with Gasteiger partial charge in [-0.2, -0.15) is 0 Å². The second-order valence-electron chi connectivity index (χ2n) is 7.65. The minimum atomic E-state index is -0.639. The number of ether oxygens (including phenoxy) is 3. The Balaban J connectivity index is 1.75. The van der Waals surface area contributed by atoms with Crippen molar-refractivity contribution in [3.05, 3.63) is 59.7 Å². The van der Waals surface area contributed by atoms with E-state index in [1.54, 1.807) is 19.2 Å². The van der Waals surface area contributed by atoms with Crippen molar-refractivity contribution in [1.29, 1.82) is 0 Å². The standard InChI is InChI=1S/C23H31NO5/c1-23(2,14-18-7-9-20(27-3)10-8-18)24-15-19(25)16-29-21-11-5-17(6-12-21)13-22(26)28-4/h5-12,19,24-25H,13-16H2,1-4H3/t19-/m1/s1. The summed E-state index contributed by atoms with van der Waals surface area (Å²) in [7, 11) is 3.02. The number of nitrogens with one attached hydrogen (secondary N) is 1. The Morgan fingerprint density at radius 1 is 1.00 bits per heavy atom. The molecule has 0 saturated heterocycles. The van der Waals surface area contributed by atoms with Crippen LogP contribution in [0.1, 0.15) is 25.0 Å². The third-order valence-electron chi connectivity index (χ3n) is 4.56. The van der Waals surface area contributed by atoms with Crippen LogP contribution < -0.4 is 14.8 Å². The Bertz CT molecular complexity index is 756. The highest BCUT2D eigenvalue weighted by molar-refractivity contribution is 5.72. The van der Waals surface area contributed by atoms with Crippen molar-refractivity contribution in [2.45, 2.75) is 38.3 Å². The van der Waals surface area contributed by atoms with E-state index in [0.717, 1.165) is 17.7 Å². The average Bonchev–Trinajstić information content (AvgIpc) is 2.72. The lowest BCUT2D eigenvalue weighted by Gasteiger charge is -2.28. The van der Waals surface area contributed by atoms with Crippen LogP contribution in [-0.4, -0.2) is 50.1 Å². The zero-order valence-corrected chi connectivity index (χ0v) is 17.6. The SMILES string of the molecule is COC(=O)Cc1ccc(OC[C@H](O)CNC(C)(C)Cc2ccc(OC)cc2)cc1. The molecular weight excluding hydrogens is 370 g/mol. The molecule has 2 aromatic rings. The quantitative estimate of drug-likeness (QED) is 0.564. The summed E-state index contributed by atoms with van der Waals surface area (Å²) in [6, 6.07) is 15.2. The van der Waals surface area contributed by atoms with E-state index in [9.17, 15) is 9.90 Å². The van der Waals surface area contributed by atoms with Crippen LogP contribution in [0.2, 0.25) is 0 Å². The lowest BCUT2D eigenvalue weighted by atomic mass is 9.94. The van der Waals surface area contributed by atoms with Gasteiger partial charge in [-0.25, -0.2) is 0 Å². The molecule has 6 nitrogen and oxygen atoms in total. The zero-order valence-electron chi connectivity index (χ0n) is 17.6. The Morgan fingerprint density at radius 2 is 1.59 bits per heavy atom. The molecule has 0 aliphatic heterocycles. The fourth-order valence-electron chi connectivity index (χ4n) is 2.90. The van der Waals surface area contributed by atoms with Crippen LogP contribution in [0.4, 0.5) is 0 Å². The first-order valence-electron chi connectivity index (χ1n) is 9.66. The van der Waals surface area contributed by atoms with Gasteiger partial charge < -0.3 is 24.6 Å². The second-order valence-corrected chi connectivity index (χ2v) is 7.65. The smallest absolute Gasteiger partial charge is 0.309 e. The maximum Gasteiger partial charge on any atom is 0.309 e. The van der Waals surface area contributed by atoms with E-state index in [0.29, 0.717) is 12.3 Å². The van der Waals surface area contributed by atoms with Crippen LogP contribution in [0.3, 0.4) is 0 Å². The molecule has 158 valence electrons. The molecule has 0 aliphatic carbocycles. The molecule has 0 amide bonds. The normalized spacial score (nSPS) is 12.3. The molecule has 2 aromatic carbocycles. The summed E-state index contributed by atoms with van der Waals surface area (Å²) < 4.78 is 15.5. The molecule has 29 heavy (non-hydrogen) atoms. The Hall–Kier alpha value is -2.57. The van der Waals surface area contributed by atoms with Gasteiger partial charge in [0.15, 0.2) is 0 Å². The van der Waals surface area contributed by atoms with E-state index in [1.165, 1.54) is 12.7 Å². The van der Waals surface area contributed by atoms with Gasteiger partial charge in [0.2, 0.25) is 0 Å². The lowest BCUT2D eigenvalue weighted by molar-refractivity contribution is -0.139. The van der Waals surface area contributed by atoms with E-state index in [-0.39, 0.29) is 24.5 Å². The van der Waals surface area contributed by atoms with Crippen LogP contribution in [0.5, 0.6) is 11.5 Å². The van der Waals surface area contributed by atoms with Crippen molar-refractivity contribution in [3.8, 4) is 11.5 Å². The fourth-order valence-corrected chi connectivity index (χ4v) is 2.90. The third kappa shape index (κ3) is 8.13. The number of benzene rings is 2. The largest absolute Gasteiger partial charge is 0.497 e. The minimum Gasteiger partial charge on any atom is -0.497 e. The van der Waals surface area contributed by atoms with Crippen molar-refractivity contribution in [2.75, 3.05) is 27.4 Å². The number of β-amino-alcohol motifs (C(OH)–C–C–N with tert-alkyl or cyclic N) is 1. The molecular formula is C23H31NO5. The minimum absolute atomic E-state index is 0.175. The number of carbonyl (C=O) groups excluding carboxylic acids is 1. The Labute approximate surface area is 172 Å². The van der Waals surface area contributed by atoms with Gasteiger partial charge in [-0.15, -0.1) is 0 Å². The summed E-state index contributed by atoms with van der Waals surface area (Å²) >= 11 is 0. The van der Waals surface area contributed by atoms with Crippen molar-refractivity contribution < 1.29 is 24.1 Å². The number of hydrogen-bond donors (Lipinski definition) is 2. The molecule has 6 heteroatoms.